The molecule has 0 fully saturated rings. The van der Waals surface area contributed by atoms with Gasteiger partial charge in [0.25, 0.3) is 0 Å². The molecule has 1 heterocycles. The van der Waals surface area contributed by atoms with Crippen molar-refractivity contribution >= 4 is 23.7 Å². The first kappa shape index (κ1) is 21.1. The van der Waals surface area contributed by atoms with Crippen molar-refractivity contribution < 1.29 is 24.2 Å². The maximum atomic E-state index is 12.6. The Kier molecular flexibility index (Phi) is 6.85. The van der Waals surface area contributed by atoms with Crippen LogP contribution in [0, 0.1) is 0 Å². The standard InChI is InChI=1S/C23H24N2O5/c1-29-20-11-9-17(14-21(20)30-2)19-15-18(10-8-16-6-4-3-5-7-16)25(24-19)22(26)12-13-23(27)28/h3-11,14,18H,12-13,15H2,1-2H3,(H,27,28). The van der Waals surface area contributed by atoms with Crippen LogP contribution in [0.3, 0.4) is 0 Å². The average molecular weight is 408 g/mol. The molecule has 0 saturated heterocycles. The Morgan fingerprint density at radius 2 is 1.83 bits per heavy atom. The van der Waals surface area contributed by atoms with E-state index in [1.54, 1.807) is 20.3 Å². The fourth-order valence-corrected chi connectivity index (χ4v) is 3.23. The summed E-state index contributed by atoms with van der Waals surface area (Å²) in [5.41, 5.74) is 2.55. The Morgan fingerprint density at radius 1 is 1.10 bits per heavy atom. The fraction of sp³-hybridized carbons (Fsp3) is 0.261. The number of rotatable bonds is 8. The van der Waals surface area contributed by atoms with Crippen LogP contribution >= 0.6 is 0 Å². The van der Waals surface area contributed by atoms with Gasteiger partial charge in [-0.25, -0.2) is 5.01 Å². The fourth-order valence-electron chi connectivity index (χ4n) is 3.23. The molecule has 1 N–H and O–H groups in total. The van der Waals surface area contributed by atoms with Gasteiger partial charge in [0, 0.05) is 18.4 Å². The number of hydrogen-bond acceptors (Lipinski definition) is 5. The maximum absolute atomic E-state index is 12.6. The molecular weight excluding hydrogens is 384 g/mol. The van der Waals surface area contributed by atoms with Crippen molar-refractivity contribution in [1.82, 2.24) is 5.01 Å². The Balaban J connectivity index is 1.87. The summed E-state index contributed by atoms with van der Waals surface area (Å²) in [5, 5.41) is 14.8. The highest BCUT2D eigenvalue weighted by molar-refractivity contribution is 6.04. The van der Waals surface area contributed by atoms with Crippen LogP contribution in [-0.2, 0) is 9.59 Å². The minimum atomic E-state index is -1.01. The molecule has 7 nitrogen and oxygen atoms in total. The highest BCUT2D eigenvalue weighted by atomic mass is 16.5. The average Bonchev–Trinajstić information content (AvgIpc) is 3.20. The van der Waals surface area contributed by atoms with Gasteiger partial charge < -0.3 is 14.6 Å². The van der Waals surface area contributed by atoms with E-state index in [0.717, 1.165) is 16.8 Å². The molecule has 30 heavy (non-hydrogen) atoms. The Hall–Kier alpha value is -3.61. The first-order chi connectivity index (χ1) is 14.5. The second-order valence-electron chi connectivity index (χ2n) is 6.79. The number of hydrogen-bond donors (Lipinski definition) is 1. The van der Waals surface area contributed by atoms with E-state index in [2.05, 4.69) is 5.10 Å². The van der Waals surface area contributed by atoms with E-state index < -0.39 is 5.97 Å². The smallest absolute Gasteiger partial charge is 0.303 e. The molecule has 3 rings (SSSR count). The van der Waals surface area contributed by atoms with Crippen molar-refractivity contribution in [3.63, 3.8) is 0 Å². The van der Waals surface area contributed by atoms with E-state index in [-0.39, 0.29) is 24.8 Å². The Labute approximate surface area is 175 Å². The van der Waals surface area contributed by atoms with Gasteiger partial charge in [0.1, 0.15) is 0 Å². The summed E-state index contributed by atoms with van der Waals surface area (Å²) in [7, 11) is 3.13. The summed E-state index contributed by atoms with van der Waals surface area (Å²) in [6, 6.07) is 14.9. The van der Waals surface area contributed by atoms with Crippen LogP contribution in [0.4, 0.5) is 0 Å². The van der Waals surface area contributed by atoms with Crippen molar-refractivity contribution in [2.75, 3.05) is 14.2 Å². The molecule has 0 aromatic heterocycles. The van der Waals surface area contributed by atoms with Gasteiger partial charge in [-0.1, -0.05) is 42.5 Å². The highest BCUT2D eigenvalue weighted by Gasteiger charge is 2.30. The van der Waals surface area contributed by atoms with Crippen molar-refractivity contribution in [3.8, 4) is 11.5 Å². The SMILES string of the molecule is COc1ccc(C2=NN(C(=O)CCC(=O)O)C(C=Cc3ccccc3)C2)cc1OC. The molecular formula is C23H24N2O5. The van der Waals surface area contributed by atoms with Gasteiger partial charge in [0.05, 0.1) is 32.4 Å². The summed E-state index contributed by atoms with van der Waals surface area (Å²) in [6.45, 7) is 0. The topological polar surface area (TPSA) is 88.4 Å². The molecule has 2 aromatic carbocycles. The van der Waals surface area contributed by atoms with E-state index in [4.69, 9.17) is 14.6 Å². The van der Waals surface area contributed by atoms with Gasteiger partial charge in [0.15, 0.2) is 11.5 Å². The molecule has 0 saturated carbocycles. The van der Waals surface area contributed by atoms with Gasteiger partial charge in [-0.05, 0) is 23.8 Å². The van der Waals surface area contributed by atoms with Crippen molar-refractivity contribution in [3.05, 3.63) is 65.7 Å². The summed E-state index contributed by atoms with van der Waals surface area (Å²) < 4.78 is 10.6. The molecule has 0 bridgehead atoms. The molecule has 156 valence electrons. The number of carboxylic acids is 1. The van der Waals surface area contributed by atoms with Crippen molar-refractivity contribution in [2.24, 2.45) is 5.10 Å². The van der Waals surface area contributed by atoms with E-state index in [0.29, 0.717) is 17.9 Å². The first-order valence-electron chi connectivity index (χ1n) is 9.58. The second-order valence-corrected chi connectivity index (χ2v) is 6.79. The zero-order valence-electron chi connectivity index (χ0n) is 16.9. The van der Waals surface area contributed by atoms with Crippen LogP contribution < -0.4 is 9.47 Å². The minimum Gasteiger partial charge on any atom is -0.493 e. The number of carbonyl (C=O) groups excluding carboxylic acids is 1. The molecule has 1 aliphatic rings. The zero-order valence-corrected chi connectivity index (χ0v) is 16.9. The zero-order chi connectivity index (χ0) is 21.5. The predicted molar refractivity (Wildman–Crippen MR) is 114 cm³/mol. The number of benzene rings is 2. The molecule has 1 aliphatic heterocycles. The number of carboxylic acid groups (broad SMARTS) is 1. The van der Waals surface area contributed by atoms with Gasteiger partial charge >= 0.3 is 5.97 Å². The third-order valence-electron chi connectivity index (χ3n) is 4.78. The van der Waals surface area contributed by atoms with Crippen LogP contribution in [0.2, 0.25) is 0 Å². The Bertz CT molecular complexity index is 969. The van der Waals surface area contributed by atoms with E-state index in [1.165, 1.54) is 5.01 Å². The van der Waals surface area contributed by atoms with Crippen molar-refractivity contribution in [1.29, 1.82) is 0 Å². The second kappa shape index (κ2) is 9.73. The molecule has 7 heteroatoms. The molecule has 1 atom stereocenters. The number of carbonyl (C=O) groups is 2. The van der Waals surface area contributed by atoms with E-state index in [1.807, 2.05) is 54.6 Å². The van der Waals surface area contributed by atoms with E-state index >= 15 is 0 Å². The van der Waals surface area contributed by atoms with Gasteiger partial charge in [-0.2, -0.15) is 5.10 Å². The number of aliphatic carboxylic acids is 1. The number of nitrogens with zero attached hydrogens (tertiary/aromatic N) is 2. The van der Waals surface area contributed by atoms with Crippen LogP contribution in [0.15, 0.2) is 59.7 Å². The molecule has 1 unspecified atom stereocenters. The number of ether oxygens (including phenoxy) is 2. The lowest BCUT2D eigenvalue weighted by Crippen LogP contribution is -2.31. The molecule has 1 amide bonds. The summed E-state index contributed by atoms with van der Waals surface area (Å²) in [4.78, 5) is 23.5. The third-order valence-corrected chi connectivity index (χ3v) is 4.78. The van der Waals surface area contributed by atoms with Crippen LogP contribution in [-0.4, -0.2) is 48.0 Å². The monoisotopic (exact) mass is 408 g/mol. The summed E-state index contributed by atoms with van der Waals surface area (Å²) >= 11 is 0. The van der Waals surface area contributed by atoms with Crippen molar-refractivity contribution in [2.45, 2.75) is 25.3 Å². The Morgan fingerprint density at radius 3 is 2.50 bits per heavy atom. The van der Waals surface area contributed by atoms with Crippen LogP contribution in [0.5, 0.6) is 11.5 Å². The lowest BCUT2D eigenvalue weighted by molar-refractivity contribution is -0.141. The number of methoxy groups -OCH3 is 2. The summed E-state index contributed by atoms with van der Waals surface area (Å²) in [6.07, 6.45) is 4.04. The lowest BCUT2D eigenvalue weighted by Gasteiger charge is -2.18. The number of hydrazone groups is 1. The highest BCUT2D eigenvalue weighted by Crippen LogP contribution is 2.30. The summed E-state index contributed by atoms with van der Waals surface area (Å²) in [5.74, 6) is -0.155. The lowest BCUT2D eigenvalue weighted by atomic mass is 10.0. The molecule has 0 spiro atoms. The quantitative estimate of drug-likeness (QED) is 0.721. The van der Waals surface area contributed by atoms with Gasteiger partial charge in [-0.3, -0.25) is 9.59 Å². The van der Waals surface area contributed by atoms with Gasteiger partial charge in [0.2, 0.25) is 5.91 Å². The molecule has 0 radical (unpaired) electrons. The first-order valence-corrected chi connectivity index (χ1v) is 9.58. The van der Waals surface area contributed by atoms with Crippen LogP contribution in [0.1, 0.15) is 30.4 Å². The third kappa shape index (κ3) is 5.05. The minimum absolute atomic E-state index is 0.103. The molecule has 2 aromatic rings. The predicted octanol–water partition coefficient (Wildman–Crippen LogP) is 3.59. The normalized spacial score (nSPS) is 15.9. The molecule has 0 aliphatic carbocycles. The van der Waals surface area contributed by atoms with Crippen LogP contribution in [0.25, 0.3) is 6.08 Å². The van der Waals surface area contributed by atoms with Gasteiger partial charge in [-0.15, -0.1) is 0 Å². The number of amides is 1. The maximum Gasteiger partial charge on any atom is 0.303 e. The largest absolute Gasteiger partial charge is 0.493 e. The van der Waals surface area contributed by atoms with E-state index in [9.17, 15) is 9.59 Å².